The molecule has 276 valence electrons. The summed E-state index contributed by atoms with van der Waals surface area (Å²) in [6.07, 6.45) is 3.84. The SMILES string of the molecule is [2H]c1c([2H])c([2H])c(-c2cc[c-]c(-c3[c-]c(-c4cccc5c4[C-]=C(c4ccccc4O)C5c4ccc(C(C)(C)C)cc4-c4ccccc4)cc(C(C)(C)C)c3)c2)c([2H])c1[2H].[Pt]. The van der Waals surface area contributed by atoms with Crippen LogP contribution in [0, 0.1) is 18.2 Å². The van der Waals surface area contributed by atoms with Crippen molar-refractivity contribution in [3.8, 4) is 50.3 Å². The fourth-order valence-electron chi connectivity index (χ4n) is 7.39. The molecule has 1 atom stereocenters. The van der Waals surface area contributed by atoms with E-state index in [1.165, 1.54) is 5.56 Å². The van der Waals surface area contributed by atoms with Crippen LogP contribution in [-0.4, -0.2) is 5.11 Å². The smallest absolute Gasteiger partial charge is 0.0824 e. The van der Waals surface area contributed by atoms with Crippen molar-refractivity contribution in [2.75, 3.05) is 0 Å². The Kier molecular flexibility index (Phi) is 8.82. The monoisotopic (exact) mass is 897 g/mol. The molecule has 0 heterocycles. The van der Waals surface area contributed by atoms with Crippen molar-refractivity contribution in [2.45, 2.75) is 58.3 Å². The van der Waals surface area contributed by atoms with Crippen LogP contribution in [0.25, 0.3) is 50.1 Å². The Bertz CT molecular complexity index is 2780. The summed E-state index contributed by atoms with van der Waals surface area (Å²) in [5.74, 6) is -0.0464. The van der Waals surface area contributed by atoms with E-state index in [4.69, 9.17) is 6.85 Å². The number of phenolic OH excluding ortho intramolecular Hbond substituents is 1. The molecule has 1 nitrogen and oxygen atoms in total. The first kappa shape index (κ1) is 32.1. The molecule has 1 aliphatic rings. The fourth-order valence-corrected chi connectivity index (χ4v) is 7.39. The van der Waals surface area contributed by atoms with E-state index < -0.39 is 6.04 Å². The zero-order valence-corrected chi connectivity index (χ0v) is 34.2. The largest absolute Gasteiger partial charge is 0.517 e. The molecule has 0 spiro atoms. The molecule has 0 saturated heterocycles. The normalized spacial score (nSPS) is 15.1. The van der Waals surface area contributed by atoms with E-state index in [1.807, 2.05) is 30.3 Å². The second kappa shape index (κ2) is 15.1. The van der Waals surface area contributed by atoms with Crippen LogP contribution in [0.4, 0.5) is 0 Å². The molecule has 1 N–H and O–H groups in total. The van der Waals surface area contributed by atoms with Crippen LogP contribution in [0.1, 0.15) is 87.7 Å². The minimum atomic E-state index is -0.422. The van der Waals surface area contributed by atoms with Gasteiger partial charge in [0, 0.05) is 21.1 Å². The van der Waals surface area contributed by atoms with Gasteiger partial charge in [-0.15, -0.1) is 63.2 Å². The fraction of sp³-hybridized carbons (Fsp3) is 0.170. The Balaban J connectivity index is 0.00000544. The average Bonchev–Trinajstić information content (AvgIpc) is 3.61. The molecule has 0 bridgehead atoms. The minimum absolute atomic E-state index is 0. The van der Waals surface area contributed by atoms with E-state index in [-0.39, 0.29) is 73.3 Å². The molecule has 0 aliphatic heterocycles. The minimum Gasteiger partial charge on any atom is -0.517 e. The van der Waals surface area contributed by atoms with Gasteiger partial charge in [-0.05, 0) is 50.6 Å². The number of phenols is 1. The first-order valence-electron chi connectivity index (χ1n) is 21.0. The predicted molar refractivity (Wildman–Crippen MR) is 225 cm³/mol. The van der Waals surface area contributed by atoms with Crippen LogP contribution < -0.4 is 0 Å². The van der Waals surface area contributed by atoms with Gasteiger partial charge >= 0.3 is 0 Å². The number of benzene rings is 7. The Labute approximate surface area is 348 Å². The zero-order chi connectivity index (χ0) is 42.0. The van der Waals surface area contributed by atoms with Gasteiger partial charge < -0.3 is 5.11 Å². The number of fused-ring (bicyclic) bond motifs is 1. The molecule has 55 heavy (non-hydrogen) atoms. The summed E-state index contributed by atoms with van der Waals surface area (Å²) in [5, 5.41) is 11.4. The van der Waals surface area contributed by atoms with E-state index in [2.05, 4.69) is 133 Å². The molecule has 0 amide bonds. The molecule has 0 aromatic heterocycles. The van der Waals surface area contributed by atoms with Crippen molar-refractivity contribution >= 4 is 5.57 Å². The van der Waals surface area contributed by atoms with E-state index in [1.54, 1.807) is 18.2 Å². The first-order chi connectivity index (χ1) is 28.0. The molecular weight excluding hydrogens is 848 g/mol. The van der Waals surface area contributed by atoms with Crippen molar-refractivity contribution in [3.63, 3.8) is 0 Å². The van der Waals surface area contributed by atoms with E-state index in [0.717, 1.165) is 61.2 Å². The van der Waals surface area contributed by atoms with E-state index >= 15 is 0 Å². The summed E-state index contributed by atoms with van der Waals surface area (Å²) < 4.78 is 41.9. The second-order valence-corrected chi connectivity index (χ2v) is 16.1. The average molecular weight is 898 g/mol. The molecule has 7 aromatic rings. The Hall–Kier alpha value is -5.23. The third-order valence-corrected chi connectivity index (χ3v) is 10.4. The predicted octanol–water partition coefficient (Wildman–Crippen LogP) is 13.6. The number of allylic oxidation sites excluding steroid dienone is 1. The van der Waals surface area contributed by atoms with Gasteiger partial charge in [0.05, 0.1) is 12.6 Å². The standard InChI is InChI=1S/C53H45O.Pt/c1-52(2,3)41-27-28-46(47(33-41)36-19-11-8-12-20-36)51-45-25-16-24-43(48(45)34-49(51)44-23-13-14-26-50(44)54)40-30-39(31-42(32-40)53(4,5)6)38-22-15-21-37(29-38)35-17-9-7-10-18-35;/h7-21,23-29,31-33,51,54H,1-6H3;/q-3;/i7D,9D,10D,17D,18D;. The van der Waals surface area contributed by atoms with Crippen LogP contribution in [-0.2, 0) is 31.9 Å². The van der Waals surface area contributed by atoms with Gasteiger partial charge in [-0.25, -0.2) is 5.56 Å². The number of aromatic hydroxyl groups is 1. The number of hydrogen-bond donors (Lipinski definition) is 1. The summed E-state index contributed by atoms with van der Waals surface area (Å²) in [4.78, 5) is 0. The molecule has 7 aromatic carbocycles. The zero-order valence-electron chi connectivity index (χ0n) is 36.9. The van der Waals surface area contributed by atoms with Crippen LogP contribution in [0.15, 0.2) is 152 Å². The molecule has 0 radical (unpaired) electrons. The summed E-state index contributed by atoms with van der Waals surface area (Å²) in [6.45, 7) is 13.2. The summed E-state index contributed by atoms with van der Waals surface area (Å²) in [7, 11) is 0. The van der Waals surface area contributed by atoms with Gasteiger partial charge in [0.15, 0.2) is 0 Å². The van der Waals surface area contributed by atoms with Crippen LogP contribution in [0.3, 0.4) is 0 Å². The van der Waals surface area contributed by atoms with Crippen molar-refractivity contribution in [1.82, 2.24) is 0 Å². The molecule has 1 unspecified atom stereocenters. The van der Waals surface area contributed by atoms with E-state index in [9.17, 15) is 5.11 Å². The van der Waals surface area contributed by atoms with Crippen molar-refractivity contribution in [1.29, 1.82) is 0 Å². The number of para-hydroxylation sites is 1. The van der Waals surface area contributed by atoms with Gasteiger partial charge in [-0.3, -0.25) is 0 Å². The Morgan fingerprint density at radius 1 is 0.564 bits per heavy atom. The second-order valence-electron chi connectivity index (χ2n) is 16.1. The number of rotatable bonds is 6. The molecule has 0 saturated carbocycles. The van der Waals surface area contributed by atoms with Crippen LogP contribution in [0.2, 0.25) is 0 Å². The summed E-state index contributed by atoms with van der Waals surface area (Å²) in [5.41, 5.74) is 12.9. The number of hydrogen-bond acceptors (Lipinski definition) is 1. The molecule has 8 rings (SSSR count). The Morgan fingerprint density at radius 3 is 1.98 bits per heavy atom. The first-order valence-corrected chi connectivity index (χ1v) is 18.5. The van der Waals surface area contributed by atoms with Crippen molar-refractivity contribution in [3.05, 3.63) is 203 Å². The Morgan fingerprint density at radius 2 is 1.25 bits per heavy atom. The van der Waals surface area contributed by atoms with Crippen molar-refractivity contribution in [2.24, 2.45) is 0 Å². The van der Waals surface area contributed by atoms with Crippen LogP contribution in [0.5, 0.6) is 5.75 Å². The maximum absolute atomic E-state index is 11.4. The molecule has 1 aliphatic carbocycles. The maximum atomic E-state index is 11.4. The molecular formula is C53H45OPt-3. The van der Waals surface area contributed by atoms with Gasteiger partial charge in [-0.1, -0.05) is 156 Å². The van der Waals surface area contributed by atoms with E-state index in [0.29, 0.717) is 11.1 Å². The van der Waals surface area contributed by atoms with Gasteiger partial charge in [0.25, 0.3) is 0 Å². The molecule has 2 heteroatoms. The summed E-state index contributed by atoms with van der Waals surface area (Å²) >= 11 is 0. The topological polar surface area (TPSA) is 20.2 Å². The quantitative estimate of drug-likeness (QED) is 0.165. The van der Waals surface area contributed by atoms with Crippen molar-refractivity contribution < 1.29 is 33.0 Å². The van der Waals surface area contributed by atoms with Gasteiger partial charge in [0.1, 0.15) is 0 Å². The maximum Gasteiger partial charge on any atom is 0.0824 e. The van der Waals surface area contributed by atoms with Crippen LogP contribution >= 0.6 is 0 Å². The van der Waals surface area contributed by atoms with Gasteiger partial charge in [0.2, 0.25) is 0 Å². The summed E-state index contributed by atoms with van der Waals surface area (Å²) in [6, 6.07) is 46.1. The van der Waals surface area contributed by atoms with Gasteiger partial charge in [-0.2, -0.15) is 35.9 Å². The third-order valence-electron chi connectivity index (χ3n) is 10.4. The third kappa shape index (κ3) is 7.56. The molecule has 0 fully saturated rings.